The smallest absolute Gasteiger partial charge is 0.121 e. The third kappa shape index (κ3) is 6.41. The van der Waals surface area contributed by atoms with Crippen molar-refractivity contribution in [2.45, 2.75) is 34.6 Å². The van der Waals surface area contributed by atoms with Crippen LogP contribution in [0.1, 0.15) is 34.6 Å². The van der Waals surface area contributed by atoms with Crippen LogP contribution in [0.25, 0.3) is 0 Å². The van der Waals surface area contributed by atoms with Crippen molar-refractivity contribution in [3.63, 3.8) is 0 Å². The summed E-state index contributed by atoms with van der Waals surface area (Å²) < 4.78 is 12.8. The summed E-state index contributed by atoms with van der Waals surface area (Å²) in [5, 5.41) is 0.206. The van der Waals surface area contributed by atoms with Crippen molar-refractivity contribution >= 4 is 11.6 Å². The van der Waals surface area contributed by atoms with Gasteiger partial charge in [-0.05, 0) is 13.0 Å². The van der Waals surface area contributed by atoms with Crippen molar-refractivity contribution in [1.82, 2.24) is 0 Å². The lowest BCUT2D eigenvalue weighted by molar-refractivity contribution is 0.518. The third-order valence-electron chi connectivity index (χ3n) is 1.05. The van der Waals surface area contributed by atoms with Gasteiger partial charge < -0.3 is 0 Å². The van der Waals surface area contributed by atoms with E-state index in [1.807, 2.05) is 13.8 Å². The van der Waals surface area contributed by atoms with Gasteiger partial charge in [0.2, 0.25) is 0 Å². The summed E-state index contributed by atoms with van der Waals surface area (Å²) >= 11 is 5.54. The van der Waals surface area contributed by atoms with Crippen LogP contribution in [0.2, 0.25) is 0 Å². The SMILES string of the molecule is C/C=C\C(Cl)=C(\F)C(C)C.CC. The van der Waals surface area contributed by atoms with Gasteiger partial charge in [-0.1, -0.05) is 45.4 Å². The second-order valence-electron chi connectivity index (χ2n) is 2.35. The molecule has 0 aliphatic rings. The summed E-state index contributed by atoms with van der Waals surface area (Å²) in [6.07, 6.45) is 3.27. The molecule has 0 bridgehead atoms. The molecule has 0 atom stereocenters. The van der Waals surface area contributed by atoms with Gasteiger partial charge in [0.1, 0.15) is 5.83 Å². The van der Waals surface area contributed by atoms with Gasteiger partial charge in [0.15, 0.2) is 0 Å². The summed E-state index contributed by atoms with van der Waals surface area (Å²) in [6, 6.07) is 0. The maximum absolute atomic E-state index is 12.8. The van der Waals surface area contributed by atoms with Crippen LogP contribution in [0.5, 0.6) is 0 Å². The van der Waals surface area contributed by atoms with Gasteiger partial charge in [-0.3, -0.25) is 0 Å². The molecule has 0 spiro atoms. The molecule has 0 N–H and O–H groups in total. The molecule has 0 rings (SSSR count). The first-order valence-electron chi connectivity index (χ1n) is 4.27. The molecule has 0 heterocycles. The lowest BCUT2D eigenvalue weighted by Gasteiger charge is -2.00. The Morgan fingerprint density at radius 3 is 2.00 bits per heavy atom. The maximum Gasteiger partial charge on any atom is 0.121 e. The first-order valence-corrected chi connectivity index (χ1v) is 4.65. The van der Waals surface area contributed by atoms with Gasteiger partial charge in [-0.25, -0.2) is 4.39 Å². The Bertz CT molecular complexity index is 157. The Morgan fingerprint density at radius 2 is 1.75 bits per heavy atom. The largest absolute Gasteiger partial charge is 0.210 e. The summed E-state index contributed by atoms with van der Waals surface area (Å²) in [4.78, 5) is 0. The minimum atomic E-state index is -0.250. The van der Waals surface area contributed by atoms with Gasteiger partial charge in [0.05, 0.1) is 5.03 Å². The van der Waals surface area contributed by atoms with E-state index in [2.05, 4.69) is 0 Å². The Balaban J connectivity index is 0. The lowest BCUT2D eigenvalue weighted by Crippen LogP contribution is -1.88. The zero-order valence-electron chi connectivity index (χ0n) is 8.49. The van der Waals surface area contributed by atoms with Crippen molar-refractivity contribution in [3.05, 3.63) is 23.0 Å². The fourth-order valence-electron chi connectivity index (χ4n) is 0.502. The first-order chi connectivity index (χ1) is 5.59. The van der Waals surface area contributed by atoms with Crippen LogP contribution in [0.4, 0.5) is 4.39 Å². The molecular weight excluding hydrogens is 175 g/mol. The van der Waals surface area contributed by atoms with E-state index in [0.717, 1.165) is 0 Å². The second-order valence-corrected chi connectivity index (χ2v) is 2.76. The Labute approximate surface area is 80.1 Å². The molecule has 72 valence electrons. The second kappa shape index (κ2) is 8.79. The van der Waals surface area contributed by atoms with Crippen LogP contribution >= 0.6 is 11.6 Å². The zero-order valence-corrected chi connectivity index (χ0v) is 9.24. The summed E-state index contributed by atoms with van der Waals surface area (Å²) in [6.45, 7) is 9.33. The highest BCUT2D eigenvalue weighted by molar-refractivity contribution is 6.31. The van der Waals surface area contributed by atoms with Crippen molar-refractivity contribution in [3.8, 4) is 0 Å². The first kappa shape index (κ1) is 14.2. The number of halogens is 2. The predicted molar refractivity (Wildman–Crippen MR) is 55.0 cm³/mol. The fourth-order valence-corrected chi connectivity index (χ4v) is 0.846. The third-order valence-corrected chi connectivity index (χ3v) is 1.35. The van der Waals surface area contributed by atoms with E-state index in [0.29, 0.717) is 0 Å². The average molecular weight is 193 g/mol. The molecule has 2 heteroatoms. The van der Waals surface area contributed by atoms with Gasteiger partial charge in [-0.2, -0.15) is 0 Å². The predicted octanol–water partition coefficient (Wildman–Crippen LogP) is 4.66. The van der Waals surface area contributed by atoms with Crippen molar-refractivity contribution in [2.24, 2.45) is 5.92 Å². The molecule has 0 saturated carbocycles. The van der Waals surface area contributed by atoms with E-state index in [9.17, 15) is 4.39 Å². The van der Waals surface area contributed by atoms with Crippen LogP contribution in [0.3, 0.4) is 0 Å². The molecule has 0 aromatic heterocycles. The molecule has 0 amide bonds. The van der Waals surface area contributed by atoms with Crippen LogP contribution in [-0.2, 0) is 0 Å². The van der Waals surface area contributed by atoms with E-state index in [1.165, 1.54) is 0 Å². The maximum atomic E-state index is 12.8. The molecule has 0 aliphatic carbocycles. The topological polar surface area (TPSA) is 0 Å². The Hall–Kier alpha value is -0.300. The summed E-state index contributed by atoms with van der Waals surface area (Å²) in [5.41, 5.74) is 0. The van der Waals surface area contributed by atoms with Crippen molar-refractivity contribution in [2.75, 3.05) is 0 Å². The van der Waals surface area contributed by atoms with E-state index >= 15 is 0 Å². The Morgan fingerprint density at radius 1 is 1.33 bits per heavy atom. The van der Waals surface area contributed by atoms with Crippen molar-refractivity contribution < 1.29 is 4.39 Å². The molecule has 0 aliphatic heterocycles. The van der Waals surface area contributed by atoms with E-state index < -0.39 is 0 Å². The molecule has 0 unspecified atom stereocenters. The minimum absolute atomic E-state index is 0.122. The molecule has 0 saturated heterocycles. The molecule has 12 heavy (non-hydrogen) atoms. The standard InChI is InChI=1S/C8H12ClF.C2H6/c1-4-5-7(9)8(10)6(2)3;1-2/h4-6H,1-3H3;1-2H3/b5-4-,8-7-;. The average Bonchev–Trinajstić information content (AvgIpc) is 2.07. The van der Waals surface area contributed by atoms with Crippen LogP contribution in [0.15, 0.2) is 23.0 Å². The molecule has 0 fully saturated rings. The summed E-state index contributed by atoms with van der Waals surface area (Å²) in [7, 11) is 0. The minimum Gasteiger partial charge on any atom is -0.210 e. The van der Waals surface area contributed by atoms with Gasteiger partial charge in [-0.15, -0.1) is 0 Å². The molecule has 0 nitrogen and oxygen atoms in total. The van der Waals surface area contributed by atoms with E-state index in [1.54, 1.807) is 32.9 Å². The quantitative estimate of drug-likeness (QED) is 0.558. The number of allylic oxidation sites excluding steroid dienone is 4. The monoisotopic (exact) mass is 192 g/mol. The number of hydrogen-bond acceptors (Lipinski definition) is 0. The highest BCUT2D eigenvalue weighted by Gasteiger charge is 2.04. The fraction of sp³-hybridized carbons (Fsp3) is 0.600. The molecule has 0 radical (unpaired) electrons. The van der Waals surface area contributed by atoms with Crippen LogP contribution < -0.4 is 0 Å². The number of hydrogen-bond donors (Lipinski definition) is 0. The van der Waals surface area contributed by atoms with E-state index in [4.69, 9.17) is 11.6 Å². The van der Waals surface area contributed by atoms with Crippen LogP contribution in [-0.4, -0.2) is 0 Å². The van der Waals surface area contributed by atoms with Gasteiger partial charge in [0.25, 0.3) is 0 Å². The zero-order chi connectivity index (χ0) is 10.1. The van der Waals surface area contributed by atoms with Crippen LogP contribution in [0, 0.1) is 5.92 Å². The lowest BCUT2D eigenvalue weighted by atomic mass is 10.2. The number of rotatable bonds is 2. The van der Waals surface area contributed by atoms with Gasteiger partial charge in [0, 0.05) is 5.92 Å². The van der Waals surface area contributed by atoms with Gasteiger partial charge >= 0.3 is 0 Å². The van der Waals surface area contributed by atoms with Crippen molar-refractivity contribution in [1.29, 1.82) is 0 Å². The Kier molecular flexibility index (Phi) is 10.4. The highest BCUT2D eigenvalue weighted by atomic mass is 35.5. The van der Waals surface area contributed by atoms with E-state index in [-0.39, 0.29) is 16.8 Å². The highest BCUT2D eigenvalue weighted by Crippen LogP contribution is 2.19. The normalized spacial score (nSPS) is 12.7. The molecular formula is C10H18ClF. The molecule has 0 aromatic carbocycles. The molecule has 0 aromatic rings. The summed E-state index contributed by atoms with van der Waals surface area (Å²) in [5.74, 6) is -0.372.